The quantitative estimate of drug-likeness (QED) is 0.841. The highest BCUT2D eigenvalue weighted by Gasteiger charge is 2.38. The van der Waals surface area contributed by atoms with Crippen molar-refractivity contribution in [2.24, 2.45) is 0 Å². The number of hydrogen-bond acceptors (Lipinski definition) is 5. The minimum absolute atomic E-state index is 0.231. The van der Waals surface area contributed by atoms with Gasteiger partial charge in [0.2, 0.25) is 0 Å². The van der Waals surface area contributed by atoms with Gasteiger partial charge in [-0.05, 0) is 12.1 Å². The lowest BCUT2D eigenvalue weighted by Crippen LogP contribution is -2.30. The van der Waals surface area contributed by atoms with Crippen LogP contribution < -0.4 is 4.74 Å². The monoisotopic (exact) mass is 292 g/mol. The first kappa shape index (κ1) is 13.6. The van der Waals surface area contributed by atoms with Gasteiger partial charge in [0, 0.05) is 10.6 Å². The summed E-state index contributed by atoms with van der Waals surface area (Å²) in [6.45, 7) is -0.315. The van der Waals surface area contributed by atoms with Gasteiger partial charge in [0.15, 0.2) is 9.84 Å². The third-order valence-corrected chi connectivity index (χ3v) is 4.82. The molecule has 1 aliphatic rings. The van der Waals surface area contributed by atoms with E-state index in [2.05, 4.69) is 0 Å². The molecule has 2 unspecified atom stereocenters. The topological polar surface area (TPSA) is 83.8 Å². The second-order valence-electron chi connectivity index (χ2n) is 4.18. The molecule has 18 heavy (non-hydrogen) atoms. The van der Waals surface area contributed by atoms with Crippen molar-refractivity contribution in [3.63, 3.8) is 0 Å². The van der Waals surface area contributed by atoms with Crippen molar-refractivity contribution in [3.05, 3.63) is 28.8 Å². The summed E-state index contributed by atoms with van der Waals surface area (Å²) in [4.78, 5) is 0. The summed E-state index contributed by atoms with van der Waals surface area (Å²) in [6.07, 6.45) is -1.88. The van der Waals surface area contributed by atoms with Crippen LogP contribution in [0.4, 0.5) is 0 Å². The van der Waals surface area contributed by atoms with Crippen LogP contribution in [0.2, 0.25) is 5.02 Å². The summed E-state index contributed by atoms with van der Waals surface area (Å²) < 4.78 is 28.1. The van der Waals surface area contributed by atoms with Crippen molar-refractivity contribution >= 4 is 21.4 Å². The Morgan fingerprint density at radius 3 is 2.67 bits per heavy atom. The Balaban J connectivity index is 2.23. The van der Waals surface area contributed by atoms with Crippen LogP contribution in [0.1, 0.15) is 5.56 Å². The first-order valence-corrected chi connectivity index (χ1v) is 7.56. The molecule has 0 bridgehead atoms. The smallest absolute Gasteiger partial charge is 0.156 e. The number of rotatable bonds is 3. The van der Waals surface area contributed by atoms with Crippen LogP contribution >= 0.6 is 11.6 Å². The zero-order valence-electron chi connectivity index (χ0n) is 9.41. The predicted molar refractivity (Wildman–Crippen MR) is 66.5 cm³/mol. The van der Waals surface area contributed by atoms with Crippen LogP contribution in [0, 0.1) is 0 Å². The van der Waals surface area contributed by atoms with E-state index in [9.17, 15) is 18.6 Å². The minimum Gasteiger partial charge on any atom is -0.486 e. The average molecular weight is 293 g/mol. The molecule has 2 atom stereocenters. The van der Waals surface area contributed by atoms with E-state index >= 15 is 0 Å². The molecule has 0 amide bonds. The Morgan fingerprint density at radius 2 is 2.11 bits per heavy atom. The van der Waals surface area contributed by atoms with Gasteiger partial charge in [-0.15, -0.1) is 0 Å². The maximum atomic E-state index is 11.3. The Labute approximate surface area is 110 Å². The van der Waals surface area contributed by atoms with Gasteiger partial charge in [-0.3, -0.25) is 0 Å². The summed E-state index contributed by atoms with van der Waals surface area (Å²) in [6, 6.07) is 4.81. The summed E-state index contributed by atoms with van der Waals surface area (Å²) in [5.74, 6) is -0.232. The fraction of sp³-hybridized carbons (Fsp3) is 0.455. The maximum absolute atomic E-state index is 11.3. The third kappa shape index (κ3) is 2.77. The first-order valence-electron chi connectivity index (χ1n) is 5.36. The number of ether oxygens (including phenoxy) is 1. The maximum Gasteiger partial charge on any atom is 0.156 e. The molecule has 5 nitrogen and oxygen atoms in total. The minimum atomic E-state index is -3.26. The van der Waals surface area contributed by atoms with Crippen molar-refractivity contribution < 1.29 is 23.4 Å². The summed E-state index contributed by atoms with van der Waals surface area (Å²) >= 11 is 5.89. The normalized spacial score (nSPS) is 26.2. The van der Waals surface area contributed by atoms with Crippen LogP contribution in [0.25, 0.3) is 0 Å². The highest BCUT2D eigenvalue weighted by molar-refractivity contribution is 7.91. The lowest BCUT2D eigenvalue weighted by atomic mass is 10.2. The van der Waals surface area contributed by atoms with Gasteiger partial charge in [-0.1, -0.05) is 17.7 Å². The van der Waals surface area contributed by atoms with Gasteiger partial charge in [-0.2, -0.15) is 0 Å². The average Bonchev–Trinajstić information content (AvgIpc) is 2.52. The number of benzene rings is 1. The van der Waals surface area contributed by atoms with E-state index in [1.165, 1.54) is 0 Å². The van der Waals surface area contributed by atoms with Gasteiger partial charge in [0.1, 0.15) is 18.0 Å². The summed E-state index contributed by atoms with van der Waals surface area (Å²) in [5, 5.41) is 19.2. The number of aliphatic hydroxyl groups excluding tert-OH is 2. The second kappa shape index (κ2) is 5.05. The van der Waals surface area contributed by atoms with Crippen molar-refractivity contribution in [1.29, 1.82) is 0 Å². The number of aliphatic hydroxyl groups is 2. The Hall–Kier alpha value is -0.820. The van der Waals surface area contributed by atoms with Gasteiger partial charge in [-0.25, -0.2) is 8.42 Å². The van der Waals surface area contributed by atoms with Crippen molar-refractivity contribution in [3.8, 4) is 5.75 Å². The van der Waals surface area contributed by atoms with Gasteiger partial charge >= 0.3 is 0 Å². The zero-order valence-corrected chi connectivity index (χ0v) is 11.0. The van der Waals surface area contributed by atoms with Crippen molar-refractivity contribution in [2.45, 2.75) is 18.8 Å². The van der Waals surface area contributed by atoms with E-state index in [4.69, 9.17) is 16.3 Å². The van der Waals surface area contributed by atoms with E-state index in [1.54, 1.807) is 18.2 Å². The third-order valence-electron chi connectivity index (χ3n) is 2.78. The number of hydrogen-bond donors (Lipinski definition) is 2. The molecule has 2 rings (SSSR count). The van der Waals surface area contributed by atoms with Gasteiger partial charge < -0.3 is 14.9 Å². The summed E-state index contributed by atoms with van der Waals surface area (Å²) in [7, 11) is -3.26. The number of sulfone groups is 1. The fourth-order valence-electron chi connectivity index (χ4n) is 1.88. The van der Waals surface area contributed by atoms with E-state index in [-0.39, 0.29) is 18.1 Å². The van der Waals surface area contributed by atoms with Crippen LogP contribution in [-0.4, -0.2) is 42.3 Å². The molecule has 0 aromatic heterocycles. The van der Waals surface area contributed by atoms with Crippen molar-refractivity contribution in [1.82, 2.24) is 0 Å². The molecular formula is C11H13ClO5S. The van der Waals surface area contributed by atoms with E-state index in [1.807, 2.05) is 0 Å². The highest BCUT2D eigenvalue weighted by Crippen LogP contribution is 2.29. The lowest BCUT2D eigenvalue weighted by molar-refractivity contribution is 0.0721. The van der Waals surface area contributed by atoms with E-state index in [0.717, 1.165) is 0 Å². The molecule has 1 aliphatic heterocycles. The first-order chi connectivity index (χ1) is 8.43. The SMILES string of the molecule is O=S1(=O)CC(O)C(Oc2cccc(Cl)c2CO)C1. The zero-order chi connectivity index (χ0) is 13.3. The van der Waals surface area contributed by atoms with Crippen LogP contribution in [0.15, 0.2) is 18.2 Å². The molecule has 7 heteroatoms. The van der Waals surface area contributed by atoms with Crippen LogP contribution in [0.5, 0.6) is 5.75 Å². The standard InChI is InChI=1S/C11H13ClO5S/c12-8-2-1-3-10(7(8)4-13)17-11-6-18(15,16)5-9(11)14/h1-3,9,11,13-14H,4-6H2. The Morgan fingerprint density at radius 1 is 1.39 bits per heavy atom. The Bertz CT molecular complexity index is 542. The molecule has 1 saturated heterocycles. The van der Waals surface area contributed by atoms with Crippen molar-refractivity contribution in [2.75, 3.05) is 11.5 Å². The van der Waals surface area contributed by atoms with Gasteiger partial charge in [0.25, 0.3) is 0 Å². The molecule has 1 fully saturated rings. The molecule has 0 saturated carbocycles. The number of halogens is 1. The Kier molecular flexibility index (Phi) is 3.82. The lowest BCUT2D eigenvalue weighted by Gasteiger charge is -2.18. The molecular weight excluding hydrogens is 280 g/mol. The molecule has 1 aromatic carbocycles. The fourth-order valence-corrected chi connectivity index (χ4v) is 3.76. The molecule has 100 valence electrons. The molecule has 2 N–H and O–H groups in total. The summed E-state index contributed by atoms with van der Waals surface area (Å²) in [5.41, 5.74) is 0.385. The van der Waals surface area contributed by atoms with E-state index < -0.39 is 22.0 Å². The molecule has 0 spiro atoms. The molecule has 0 aliphatic carbocycles. The van der Waals surface area contributed by atoms with Gasteiger partial charge in [0.05, 0.1) is 18.1 Å². The largest absolute Gasteiger partial charge is 0.486 e. The highest BCUT2D eigenvalue weighted by atomic mass is 35.5. The van der Waals surface area contributed by atoms with Crippen LogP contribution in [0.3, 0.4) is 0 Å². The predicted octanol–water partition coefficient (Wildman–Crippen LogP) is 0.369. The van der Waals surface area contributed by atoms with E-state index in [0.29, 0.717) is 16.3 Å². The molecule has 1 aromatic rings. The molecule has 0 radical (unpaired) electrons. The molecule has 1 heterocycles. The second-order valence-corrected chi connectivity index (χ2v) is 6.74. The van der Waals surface area contributed by atoms with Crippen LogP contribution in [-0.2, 0) is 16.4 Å².